The predicted molar refractivity (Wildman–Crippen MR) is 82.2 cm³/mol. The van der Waals surface area contributed by atoms with Gasteiger partial charge in [-0.25, -0.2) is 0 Å². The number of Topliss-reactive ketones (excluding diaryl/α,β-unsaturated/α-hetero) is 1. The third-order valence-corrected chi connectivity index (χ3v) is 3.30. The van der Waals surface area contributed by atoms with E-state index in [-0.39, 0.29) is 17.0 Å². The number of hydrogen-bond acceptors (Lipinski definition) is 4. The second kappa shape index (κ2) is 6.17. The van der Waals surface area contributed by atoms with E-state index < -0.39 is 10.8 Å². The maximum Gasteiger partial charge on any atom is 0.273 e. The highest BCUT2D eigenvalue weighted by atomic mass is 16.6. The van der Waals surface area contributed by atoms with Crippen LogP contribution in [-0.4, -0.2) is 16.6 Å². The number of anilines is 1. The molecule has 0 heterocycles. The SMILES string of the molecule is CC(=O)c1ccc(NC(=O)c2cccc([N+](=O)[O-])c2C)cc1. The van der Waals surface area contributed by atoms with E-state index in [1.807, 2.05) is 0 Å². The van der Waals surface area contributed by atoms with Gasteiger partial charge in [-0.1, -0.05) is 6.07 Å². The molecule has 0 spiro atoms. The summed E-state index contributed by atoms with van der Waals surface area (Å²) >= 11 is 0. The molecule has 2 aromatic carbocycles. The molecule has 2 aromatic rings. The van der Waals surface area contributed by atoms with Gasteiger partial charge in [0, 0.05) is 28.4 Å². The number of nitrogens with zero attached hydrogens (tertiary/aromatic N) is 1. The van der Waals surface area contributed by atoms with Crippen molar-refractivity contribution in [1.29, 1.82) is 0 Å². The molecule has 0 fully saturated rings. The van der Waals surface area contributed by atoms with Gasteiger partial charge < -0.3 is 5.32 Å². The van der Waals surface area contributed by atoms with Gasteiger partial charge in [0.25, 0.3) is 11.6 Å². The number of carbonyl (C=O) groups excluding carboxylic acids is 2. The second-order valence-electron chi connectivity index (χ2n) is 4.79. The molecule has 1 N–H and O–H groups in total. The number of amides is 1. The molecule has 2 rings (SSSR count). The van der Waals surface area contributed by atoms with Crippen LogP contribution in [-0.2, 0) is 0 Å². The summed E-state index contributed by atoms with van der Waals surface area (Å²) in [6.45, 7) is 2.99. The summed E-state index contributed by atoms with van der Waals surface area (Å²) < 4.78 is 0. The van der Waals surface area contributed by atoms with Crippen molar-refractivity contribution in [2.75, 3.05) is 5.32 Å². The number of nitro benzene ring substituents is 1. The zero-order chi connectivity index (χ0) is 16.3. The van der Waals surface area contributed by atoms with Gasteiger partial charge in [-0.3, -0.25) is 19.7 Å². The molecule has 6 heteroatoms. The van der Waals surface area contributed by atoms with E-state index in [0.717, 1.165) is 0 Å². The molecule has 0 aromatic heterocycles. The van der Waals surface area contributed by atoms with Crippen LogP contribution in [0.5, 0.6) is 0 Å². The van der Waals surface area contributed by atoms with Gasteiger partial charge in [-0.2, -0.15) is 0 Å². The largest absolute Gasteiger partial charge is 0.322 e. The van der Waals surface area contributed by atoms with Gasteiger partial charge in [0.15, 0.2) is 5.78 Å². The number of hydrogen-bond donors (Lipinski definition) is 1. The summed E-state index contributed by atoms with van der Waals surface area (Å²) in [5.41, 5.74) is 1.51. The lowest BCUT2D eigenvalue weighted by Gasteiger charge is -2.08. The lowest BCUT2D eigenvalue weighted by atomic mass is 10.1. The Balaban J connectivity index is 2.24. The molecule has 1 amide bonds. The molecule has 6 nitrogen and oxygen atoms in total. The van der Waals surface area contributed by atoms with E-state index in [2.05, 4.69) is 5.32 Å². The third-order valence-electron chi connectivity index (χ3n) is 3.30. The Morgan fingerprint density at radius 1 is 1.09 bits per heavy atom. The first-order valence-electron chi connectivity index (χ1n) is 6.56. The van der Waals surface area contributed by atoms with Crippen LogP contribution >= 0.6 is 0 Å². The first-order chi connectivity index (χ1) is 10.4. The predicted octanol–water partition coefficient (Wildman–Crippen LogP) is 3.36. The molecule has 0 aliphatic carbocycles. The van der Waals surface area contributed by atoms with Crippen molar-refractivity contribution in [3.63, 3.8) is 0 Å². The van der Waals surface area contributed by atoms with Crippen LogP contribution < -0.4 is 5.32 Å². The Bertz CT molecular complexity index is 751. The first kappa shape index (κ1) is 15.4. The molecule has 0 bridgehead atoms. The lowest BCUT2D eigenvalue weighted by Crippen LogP contribution is -2.14. The normalized spacial score (nSPS) is 10.1. The summed E-state index contributed by atoms with van der Waals surface area (Å²) in [6.07, 6.45) is 0. The van der Waals surface area contributed by atoms with E-state index in [1.165, 1.54) is 32.0 Å². The van der Waals surface area contributed by atoms with Crippen molar-refractivity contribution >= 4 is 23.1 Å². The van der Waals surface area contributed by atoms with E-state index >= 15 is 0 Å². The number of carbonyl (C=O) groups is 2. The molecule has 22 heavy (non-hydrogen) atoms. The molecule has 0 atom stereocenters. The van der Waals surface area contributed by atoms with E-state index in [0.29, 0.717) is 16.8 Å². The van der Waals surface area contributed by atoms with Crippen molar-refractivity contribution in [2.45, 2.75) is 13.8 Å². The Morgan fingerprint density at radius 2 is 1.73 bits per heavy atom. The fourth-order valence-electron chi connectivity index (χ4n) is 2.05. The van der Waals surface area contributed by atoms with Crippen LogP contribution in [0.4, 0.5) is 11.4 Å². The summed E-state index contributed by atoms with van der Waals surface area (Å²) in [5.74, 6) is -0.496. The molecule has 0 saturated heterocycles. The summed E-state index contributed by atoms with van der Waals surface area (Å²) in [4.78, 5) is 33.8. The van der Waals surface area contributed by atoms with E-state index in [9.17, 15) is 19.7 Å². The van der Waals surface area contributed by atoms with Crippen molar-refractivity contribution < 1.29 is 14.5 Å². The van der Waals surface area contributed by atoms with Crippen LogP contribution in [0.25, 0.3) is 0 Å². The van der Waals surface area contributed by atoms with Gasteiger partial charge in [0.1, 0.15) is 0 Å². The summed E-state index contributed by atoms with van der Waals surface area (Å²) in [5, 5.41) is 13.6. The molecular formula is C16H14N2O4. The zero-order valence-electron chi connectivity index (χ0n) is 12.1. The van der Waals surface area contributed by atoms with Gasteiger partial charge >= 0.3 is 0 Å². The van der Waals surface area contributed by atoms with Crippen LogP contribution in [0, 0.1) is 17.0 Å². The van der Waals surface area contributed by atoms with Crippen LogP contribution in [0.15, 0.2) is 42.5 Å². The maximum atomic E-state index is 12.2. The van der Waals surface area contributed by atoms with Crippen molar-refractivity contribution in [3.8, 4) is 0 Å². The molecule has 0 unspecified atom stereocenters. The minimum atomic E-state index is -0.520. The second-order valence-corrected chi connectivity index (χ2v) is 4.79. The first-order valence-corrected chi connectivity index (χ1v) is 6.56. The van der Waals surface area contributed by atoms with Crippen molar-refractivity contribution in [3.05, 3.63) is 69.3 Å². The Kier molecular flexibility index (Phi) is 4.31. The average molecular weight is 298 g/mol. The molecule has 112 valence electrons. The summed E-state index contributed by atoms with van der Waals surface area (Å²) in [7, 11) is 0. The van der Waals surface area contributed by atoms with Crippen LogP contribution in [0.2, 0.25) is 0 Å². The number of ketones is 1. The van der Waals surface area contributed by atoms with Crippen LogP contribution in [0.1, 0.15) is 33.2 Å². The smallest absolute Gasteiger partial charge is 0.273 e. The highest BCUT2D eigenvalue weighted by molar-refractivity contribution is 6.06. The molecule has 0 radical (unpaired) electrons. The monoisotopic (exact) mass is 298 g/mol. The fraction of sp³-hybridized carbons (Fsp3) is 0.125. The average Bonchev–Trinajstić information content (AvgIpc) is 2.47. The van der Waals surface area contributed by atoms with Crippen molar-refractivity contribution in [1.82, 2.24) is 0 Å². The molecule has 0 aliphatic rings. The molecule has 0 saturated carbocycles. The van der Waals surface area contributed by atoms with Gasteiger partial charge in [0.05, 0.1) is 4.92 Å². The highest BCUT2D eigenvalue weighted by Gasteiger charge is 2.17. The van der Waals surface area contributed by atoms with Gasteiger partial charge in [0.2, 0.25) is 0 Å². The molecule has 0 aliphatic heterocycles. The Hall–Kier alpha value is -3.02. The number of nitro groups is 1. The van der Waals surface area contributed by atoms with E-state index in [4.69, 9.17) is 0 Å². The Morgan fingerprint density at radius 3 is 2.27 bits per heavy atom. The van der Waals surface area contributed by atoms with Crippen LogP contribution in [0.3, 0.4) is 0 Å². The standard InChI is InChI=1S/C16H14N2O4/c1-10-14(4-3-5-15(10)18(21)22)16(20)17-13-8-6-12(7-9-13)11(2)19/h3-9H,1-2H3,(H,17,20). The lowest BCUT2D eigenvalue weighted by molar-refractivity contribution is -0.385. The van der Waals surface area contributed by atoms with Crippen molar-refractivity contribution in [2.24, 2.45) is 0 Å². The summed E-state index contributed by atoms with van der Waals surface area (Å²) in [6, 6.07) is 10.8. The molecular weight excluding hydrogens is 284 g/mol. The quantitative estimate of drug-likeness (QED) is 0.532. The van der Waals surface area contributed by atoms with Gasteiger partial charge in [-0.15, -0.1) is 0 Å². The topological polar surface area (TPSA) is 89.3 Å². The third kappa shape index (κ3) is 3.17. The number of rotatable bonds is 4. The highest BCUT2D eigenvalue weighted by Crippen LogP contribution is 2.22. The minimum absolute atomic E-state index is 0.0626. The van der Waals surface area contributed by atoms with E-state index in [1.54, 1.807) is 24.3 Å². The maximum absolute atomic E-state index is 12.2. The number of benzene rings is 2. The van der Waals surface area contributed by atoms with Gasteiger partial charge in [-0.05, 0) is 44.2 Å². The fourth-order valence-corrected chi connectivity index (χ4v) is 2.05. The zero-order valence-corrected chi connectivity index (χ0v) is 12.1. The minimum Gasteiger partial charge on any atom is -0.322 e. The Labute approximate surface area is 126 Å². The number of nitrogens with one attached hydrogen (secondary N) is 1.